The van der Waals surface area contributed by atoms with E-state index >= 15 is 0 Å². The van der Waals surface area contributed by atoms with E-state index < -0.39 is 18.2 Å². The fourth-order valence-electron chi connectivity index (χ4n) is 3.49. The van der Waals surface area contributed by atoms with E-state index in [1.54, 1.807) is 18.2 Å². The van der Waals surface area contributed by atoms with Crippen LogP contribution in [0, 0.1) is 6.92 Å². The lowest BCUT2D eigenvalue weighted by atomic mass is 10.1. The van der Waals surface area contributed by atoms with E-state index in [1.165, 1.54) is 0 Å². The fraction of sp³-hybridized carbons (Fsp3) is 0.273. The molecule has 9 nitrogen and oxygen atoms in total. The molecule has 4 N–H and O–H groups in total. The second-order valence-corrected chi connectivity index (χ2v) is 7.59. The molecule has 0 saturated carbocycles. The molecule has 1 aliphatic rings. The Morgan fingerprint density at radius 1 is 1.12 bits per heavy atom. The molecule has 1 aliphatic heterocycles. The van der Waals surface area contributed by atoms with Crippen LogP contribution in [0.3, 0.4) is 0 Å². The summed E-state index contributed by atoms with van der Waals surface area (Å²) < 4.78 is 31.7. The zero-order valence-corrected chi connectivity index (χ0v) is 17.9. The molecule has 1 amide bonds. The number of carboxylic acids is 1. The van der Waals surface area contributed by atoms with E-state index in [0.29, 0.717) is 24.5 Å². The zero-order chi connectivity index (χ0) is 25.0. The summed E-state index contributed by atoms with van der Waals surface area (Å²) >= 11 is 0. The summed E-state index contributed by atoms with van der Waals surface area (Å²) in [4.78, 5) is 31.3. The number of para-hydroxylation sites is 1. The van der Waals surface area contributed by atoms with E-state index in [4.69, 9.17) is 20.0 Å². The first kappa shape index (κ1) is 24.6. The molecule has 2 heterocycles. The molecule has 180 valence electrons. The quantitative estimate of drug-likeness (QED) is 0.447. The van der Waals surface area contributed by atoms with Gasteiger partial charge in [0, 0.05) is 18.5 Å². The number of hydrogen-bond acceptors (Lipinski definition) is 6. The highest BCUT2D eigenvalue weighted by molar-refractivity contribution is 5.92. The standard InChI is InChI=1S/C20H20N4O3.C2HF3O2/c1-12-6-7-14-16(10-12)22-18(15-4-2-3-5-17(15)25)23-19(14)24-9-8-13(11-24)21-20(26)27;3-2(4,5)1(6)7/h2-7,10,13,21,25H,8-9,11H2,1H3,(H,26,27);(H,6,7)/t13-;/m1./s1. The molecule has 3 aromatic rings. The summed E-state index contributed by atoms with van der Waals surface area (Å²) in [5, 5.41) is 29.8. The van der Waals surface area contributed by atoms with Gasteiger partial charge in [-0.25, -0.2) is 19.6 Å². The van der Waals surface area contributed by atoms with Crippen molar-refractivity contribution in [2.75, 3.05) is 18.0 Å². The molecule has 0 spiro atoms. The average molecular weight is 478 g/mol. The Morgan fingerprint density at radius 2 is 1.79 bits per heavy atom. The van der Waals surface area contributed by atoms with Crippen LogP contribution in [0.15, 0.2) is 42.5 Å². The van der Waals surface area contributed by atoms with Crippen molar-refractivity contribution in [3.8, 4) is 17.1 Å². The maximum atomic E-state index is 10.9. The lowest BCUT2D eigenvalue weighted by Crippen LogP contribution is -2.36. The minimum absolute atomic E-state index is 0.127. The molecule has 1 fully saturated rings. The van der Waals surface area contributed by atoms with Gasteiger partial charge in [0.1, 0.15) is 11.6 Å². The number of aromatic hydroxyl groups is 1. The second-order valence-electron chi connectivity index (χ2n) is 7.59. The molecule has 0 aliphatic carbocycles. The number of phenols is 1. The number of rotatable bonds is 3. The highest BCUT2D eigenvalue weighted by atomic mass is 19.4. The Hall–Kier alpha value is -4.09. The summed E-state index contributed by atoms with van der Waals surface area (Å²) in [5.41, 5.74) is 2.46. The van der Waals surface area contributed by atoms with Gasteiger partial charge in [-0.15, -0.1) is 0 Å². The summed E-state index contributed by atoms with van der Waals surface area (Å²) in [6, 6.07) is 12.9. The SMILES string of the molecule is Cc1ccc2c(N3CC[C@@H](NC(=O)O)C3)nc(-c3ccccc3O)nc2c1.O=C(O)C(F)(F)F. The lowest BCUT2D eigenvalue weighted by Gasteiger charge is -2.20. The number of nitrogens with zero attached hydrogens (tertiary/aromatic N) is 3. The molecule has 2 aromatic carbocycles. The third-order valence-electron chi connectivity index (χ3n) is 5.04. The van der Waals surface area contributed by atoms with Crippen molar-refractivity contribution in [3.05, 3.63) is 48.0 Å². The number of fused-ring (bicyclic) bond motifs is 1. The van der Waals surface area contributed by atoms with Crippen LogP contribution in [0.2, 0.25) is 0 Å². The number of amides is 1. The number of nitrogens with one attached hydrogen (secondary N) is 1. The van der Waals surface area contributed by atoms with Gasteiger partial charge in [-0.05, 0) is 43.2 Å². The van der Waals surface area contributed by atoms with E-state index in [9.17, 15) is 23.1 Å². The van der Waals surface area contributed by atoms with Crippen LogP contribution in [0.1, 0.15) is 12.0 Å². The first-order valence-corrected chi connectivity index (χ1v) is 10.1. The molecular weight excluding hydrogens is 457 g/mol. The fourth-order valence-corrected chi connectivity index (χ4v) is 3.49. The summed E-state index contributed by atoms with van der Waals surface area (Å²) in [6.07, 6.45) is -5.38. The minimum Gasteiger partial charge on any atom is -0.507 e. The van der Waals surface area contributed by atoms with Gasteiger partial charge in [0.15, 0.2) is 5.82 Å². The average Bonchev–Trinajstić information content (AvgIpc) is 3.20. The number of aryl methyl sites for hydroxylation is 1. The third kappa shape index (κ3) is 5.82. The summed E-state index contributed by atoms with van der Waals surface area (Å²) in [5.74, 6) is -1.42. The molecule has 0 bridgehead atoms. The smallest absolute Gasteiger partial charge is 0.490 e. The van der Waals surface area contributed by atoms with Crippen molar-refractivity contribution in [1.29, 1.82) is 0 Å². The van der Waals surface area contributed by atoms with E-state index in [-0.39, 0.29) is 11.8 Å². The van der Waals surface area contributed by atoms with Gasteiger partial charge in [-0.2, -0.15) is 13.2 Å². The number of hydrogen-bond donors (Lipinski definition) is 4. The van der Waals surface area contributed by atoms with Crippen LogP contribution >= 0.6 is 0 Å². The van der Waals surface area contributed by atoms with Gasteiger partial charge in [0.25, 0.3) is 0 Å². The predicted molar refractivity (Wildman–Crippen MR) is 117 cm³/mol. The first-order chi connectivity index (χ1) is 16.0. The lowest BCUT2D eigenvalue weighted by molar-refractivity contribution is -0.192. The number of aromatic nitrogens is 2. The number of phenolic OH excluding ortho intramolecular Hbond substituents is 1. The highest BCUT2D eigenvalue weighted by Crippen LogP contribution is 2.33. The normalized spacial score (nSPS) is 15.5. The van der Waals surface area contributed by atoms with Crippen LogP contribution in [-0.4, -0.2) is 62.7 Å². The van der Waals surface area contributed by atoms with Gasteiger partial charge >= 0.3 is 18.2 Å². The second kappa shape index (κ2) is 9.81. The number of benzene rings is 2. The van der Waals surface area contributed by atoms with E-state index in [2.05, 4.69) is 15.2 Å². The van der Waals surface area contributed by atoms with Crippen molar-refractivity contribution >= 4 is 28.8 Å². The highest BCUT2D eigenvalue weighted by Gasteiger charge is 2.38. The molecule has 12 heteroatoms. The summed E-state index contributed by atoms with van der Waals surface area (Å²) in [7, 11) is 0. The summed E-state index contributed by atoms with van der Waals surface area (Å²) in [6.45, 7) is 3.25. The molecule has 0 unspecified atom stereocenters. The van der Waals surface area contributed by atoms with Gasteiger partial charge in [0.05, 0.1) is 17.1 Å². The molecule has 1 atom stereocenters. The predicted octanol–water partition coefficient (Wildman–Crippen LogP) is 3.79. The Labute approximate surface area is 191 Å². The van der Waals surface area contributed by atoms with Gasteiger partial charge in [0.2, 0.25) is 0 Å². The molecule has 1 saturated heterocycles. The zero-order valence-electron chi connectivity index (χ0n) is 17.9. The van der Waals surface area contributed by atoms with Gasteiger partial charge in [-0.1, -0.05) is 18.2 Å². The number of aliphatic carboxylic acids is 1. The van der Waals surface area contributed by atoms with Crippen LogP contribution < -0.4 is 10.2 Å². The van der Waals surface area contributed by atoms with Crippen LogP contribution in [0.5, 0.6) is 5.75 Å². The maximum Gasteiger partial charge on any atom is 0.490 e. The van der Waals surface area contributed by atoms with Crippen molar-refractivity contribution in [2.24, 2.45) is 0 Å². The minimum atomic E-state index is -5.08. The van der Waals surface area contributed by atoms with Gasteiger partial charge in [-0.3, -0.25) is 0 Å². The first-order valence-electron chi connectivity index (χ1n) is 10.1. The number of carboxylic acid groups (broad SMARTS) is 2. The van der Waals surface area contributed by atoms with Crippen molar-refractivity contribution in [2.45, 2.75) is 25.6 Å². The third-order valence-corrected chi connectivity index (χ3v) is 5.04. The molecular formula is C22H21F3N4O5. The van der Waals surface area contributed by atoms with Crippen LogP contribution in [-0.2, 0) is 4.79 Å². The molecule has 34 heavy (non-hydrogen) atoms. The number of alkyl halides is 3. The molecule has 4 rings (SSSR count). The van der Waals surface area contributed by atoms with Gasteiger partial charge < -0.3 is 25.5 Å². The Kier molecular flexibility index (Phi) is 7.08. The number of anilines is 1. The molecule has 1 aromatic heterocycles. The maximum absolute atomic E-state index is 10.9. The Balaban J connectivity index is 0.000000406. The Morgan fingerprint density at radius 3 is 2.41 bits per heavy atom. The number of halogens is 3. The largest absolute Gasteiger partial charge is 0.507 e. The van der Waals surface area contributed by atoms with Crippen molar-refractivity contribution in [3.63, 3.8) is 0 Å². The van der Waals surface area contributed by atoms with Crippen LogP contribution in [0.4, 0.5) is 23.8 Å². The van der Waals surface area contributed by atoms with E-state index in [1.807, 2.05) is 31.2 Å². The Bertz CT molecular complexity index is 1220. The topological polar surface area (TPSA) is 136 Å². The molecule has 0 radical (unpaired) electrons. The van der Waals surface area contributed by atoms with Crippen molar-refractivity contribution in [1.82, 2.24) is 15.3 Å². The van der Waals surface area contributed by atoms with Crippen molar-refractivity contribution < 1.29 is 38.1 Å². The number of carbonyl (C=O) groups is 2. The van der Waals surface area contributed by atoms with Crippen LogP contribution in [0.25, 0.3) is 22.3 Å². The monoisotopic (exact) mass is 478 g/mol. The van der Waals surface area contributed by atoms with E-state index in [0.717, 1.165) is 28.7 Å².